The molecule has 0 radical (unpaired) electrons. The summed E-state index contributed by atoms with van der Waals surface area (Å²) in [5.74, 6) is 0.904. The van der Waals surface area contributed by atoms with Crippen molar-refractivity contribution >= 4 is 5.96 Å². The Morgan fingerprint density at radius 2 is 2.20 bits per heavy atom. The van der Waals surface area contributed by atoms with E-state index < -0.39 is 0 Å². The summed E-state index contributed by atoms with van der Waals surface area (Å²) in [6.45, 7) is 9.23. The molecule has 2 N–H and O–H groups in total. The summed E-state index contributed by atoms with van der Waals surface area (Å²) in [7, 11) is 6.13. The molecule has 1 aliphatic rings. The lowest BCUT2D eigenvalue weighted by Crippen LogP contribution is -2.45. The summed E-state index contributed by atoms with van der Waals surface area (Å²) in [5, 5.41) is 11.2. The zero-order valence-corrected chi connectivity index (χ0v) is 16.5. The number of likely N-dealkylation sites (tertiary alicyclic amines) is 1. The topological polar surface area (TPSA) is 60.7 Å². The molecule has 7 nitrogen and oxygen atoms in total. The van der Waals surface area contributed by atoms with Crippen molar-refractivity contribution in [3.05, 3.63) is 18.0 Å². The average molecular weight is 350 g/mol. The first-order valence-electron chi connectivity index (χ1n) is 9.46. The molecule has 0 amide bonds. The summed E-state index contributed by atoms with van der Waals surface area (Å²) >= 11 is 0. The Balaban J connectivity index is 1.97. The van der Waals surface area contributed by atoms with Crippen LogP contribution >= 0.6 is 0 Å². The van der Waals surface area contributed by atoms with Crippen molar-refractivity contribution in [3.8, 4) is 0 Å². The molecular formula is C18H35N7. The van der Waals surface area contributed by atoms with Gasteiger partial charge in [-0.3, -0.25) is 14.6 Å². The molecule has 0 aromatic carbocycles. The molecule has 2 atom stereocenters. The van der Waals surface area contributed by atoms with Gasteiger partial charge in [-0.15, -0.1) is 0 Å². The predicted octanol–water partition coefficient (Wildman–Crippen LogP) is 1.06. The molecule has 0 spiro atoms. The Kier molecular flexibility index (Phi) is 7.71. The van der Waals surface area contributed by atoms with Gasteiger partial charge in [0.15, 0.2) is 5.96 Å². The van der Waals surface area contributed by atoms with Gasteiger partial charge in [0.2, 0.25) is 0 Å². The number of hydrogen-bond acceptors (Lipinski definition) is 4. The second-order valence-electron chi connectivity index (χ2n) is 6.95. The van der Waals surface area contributed by atoms with E-state index in [2.05, 4.69) is 59.7 Å². The molecular weight excluding hydrogens is 314 g/mol. The van der Waals surface area contributed by atoms with Crippen LogP contribution in [0.25, 0.3) is 0 Å². The molecule has 1 saturated heterocycles. The summed E-state index contributed by atoms with van der Waals surface area (Å²) < 4.78 is 1.85. The zero-order chi connectivity index (χ0) is 18.2. The average Bonchev–Trinajstić information content (AvgIpc) is 3.21. The summed E-state index contributed by atoms with van der Waals surface area (Å²) in [5.41, 5.74) is 1.19. The molecule has 1 aromatic heterocycles. The van der Waals surface area contributed by atoms with Crippen molar-refractivity contribution in [3.63, 3.8) is 0 Å². The van der Waals surface area contributed by atoms with E-state index in [1.807, 2.05) is 17.9 Å². The summed E-state index contributed by atoms with van der Waals surface area (Å²) in [6.07, 6.45) is 6.57. The maximum Gasteiger partial charge on any atom is 0.191 e. The van der Waals surface area contributed by atoms with Crippen molar-refractivity contribution in [2.45, 2.75) is 38.8 Å². The lowest BCUT2D eigenvalue weighted by atomic mass is 10.1. The zero-order valence-electron chi connectivity index (χ0n) is 16.5. The van der Waals surface area contributed by atoms with Gasteiger partial charge in [0, 0.05) is 37.9 Å². The smallest absolute Gasteiger partial charge is 0.191 e. The van der Waals surface area contributed by atoms with Gasteiger partial charge >= 0.3 is 0 Å². The van der Waals surface area contributed by atoms with E-state index in [1.54, 1.807) is 0 Å². The Morgan fingerprint density at radius 3 is 2.80 bits per heavy atom. The van der Waals surface area contributed by atoms with Crippen LogP contribution in [0.1, 0.15) is 38.3 Å². The molecule has 1 aliphatic heterocycles. The van der Waals surface area contributed by atoms with Crippen molar-refractivity contribution < 1.29 is 0 Å². The molecule has 7 heteroatoms. The second kappa shape index (κ2) is 9.77. The SMILES string of the molecule is CCNC(=NCC(c1cnn(C)c1)N(C)C)NCC1CCCN1CC. The first-order chi connectivity index (χ1) is 12.0. The molecule has 0 saturated carbocycles. The van der Waals surface area contributed by atoms with E-state index in [0.29, 0.717) is 12.6 Å². The second-order valence-corrected chi connectivity index (χ2v) is 6.95. The van der Waals surface area contributed by atoms with Crippen molar-refractivity contribution in [2.24, 2.45) is 12.0 Å². The van der Waals surface area contributed by atoms with Crippen LogP contribution in [0, 0.1) is 0 Å². The third-order valence-electron chi connectivity index (χ3n) is 4.91. The minimum atomic E-state index is 0.225. The van der Waals surface area contributed by atoms with Gasteiger partial charge in [-0.25, -0.2) is 0 Å². The molecule has 1 fully saturated rings. The van der Waals surface area contributed by atoms with E-state index >= 15 is 0 Å². The minimum absolute atomic E-state index is 0.225. The van der Waals surface area contributed by atoms with Gasteiger partial charge in [-0.05, 0) is 47.0 Å². The maximum absolute atomic E-state index is 4.83. The number of likely N-dealkylation sites (N-methyl/N-ethyl adjacent to an activating group) is 2. The number of aromatic nitrogens is 2. The molecule has 25 heavy (non-hydrogen) atoms. The van der Waals surface area contributed by atoms with Crippen LogP contribution in [0.5, 0.6) is 0 Å². The molecule has 2 unspecified atom stereocenters. The van der Waals surface area contributed by atoms with E-state index in [4.69, 9.17) is 4.99 Å². The highest BCUT2D eigenvalue weighted by Crippen LogP contribution is 2.18. The number of aryl methyl sites for hydroxylation is 1. The van der Waals surface area contributed by atoms with Crippen LogP contribution in [0.15, 0.2) is 17.4 Å². The van der Waals surface area contributed by atoms with Crippen LogP contribution in [-0.2, 0) is 7.05 Å². The first kappa shape index (κ1) is 19.7. The van der Waals surface area contributed by atoms with Gasteiger partial charge in [0.25, 0.3) is 0 Å². The molecule has 2 heterocycles. The Bertz CT molecular complexity index is 537. The number of nitrogens with zero attached hydrogens (tertiary/aromatic N) is 5. The van der Waals surface area contributed by atoms with Crippen LogP contribution in [-0.4, -0.2) is 78.4 Å². The lowest BCUT2D eigenvalue weighted by Gasteiger charge is -2.25. The van der Waals surface area contributed by atoms with Crippen molar-refractivity contribution in [2.75, 3.05) is 46.8 Å². The van der Waals surface area contributed by atoms with Crippen LogP contribution in [0.4, 0.5) is 0 Å². The molecule has 142 valence electrons. The van der Waals surface area contributed by atoms with Gasteiger partial charge in [0.1, 0.15) is 0 Å². The quantitative estimate of drug-likeness (QED) is 0.543. The van der Waals surface area contributed by atoms with Gasteiger partial charge in [0.05, 0.1) is 18.8 Å². The Morgan fingerprint density at radius 1 is 1.40 bits per heavy atom. The van der Waals surface area contributed by atoms with Gasteiger partial charge in [-0.1, -0.05) is 6.92 Å². The number of rotatable bonds is 8. The summed E-state index contributed by atoms with van der Waals surface area (Å²) in [4.78, 5) is 9.57. The van der Waals surface area contributed by atoms with Crippen LogP contribution < -0.4 is 10.6 Å². The van der Waals surface area contributed by atoms with E-state index in [9.17, 15) is 0 Å². The van der Waals surface area contributed by atoms with Crippen molar-refractivity contribution in [1.29, 1.82) is 0 Å². The third-order valence-corrected chi connectivity index (χ3v) is 4.91. The van der Waals surface area contributed by atoms with Crippen LogP contribution in [0.3, 0.4) is 0 Å². The minimum Gasteiger partial charge on any atom is -0.357 e. The van der Waals surface area contributed by atoms with Crippen LogP contribution in [0.2, 0.25) is 0 Å². The fraction of sp³-hybridized carbons (Fsp3) is 0.778. The van der Waals surface area contributed by atoms with Gasteiger partial charge in [-0.2, -0.15) is 5.10 Å². The maximum atomic E-state index is 4.83. The highest BCUT2D eigenvalue weighted by molar-refractivity contribution is 5.79. The highest BCUT2D eigenvalue weighted by atomic mass is 15.3. The Hall–Kier alpha value is -1.60. The number of hydrogen-bond donors (Lipinski definition) is 2. The van der Waals surface area contributed by atoms with Crippen molar-refractivity contribution in [1.82, 2.24) is 30.2 Å². The normalized spacial score (nSPS) is 20.2. The summed E-state index contributed by atoms with van der Waals surface area (Å²) in [6, 6.07) is 0.847. The van der Waals surface area contributed by atoms with E-state index in [1.165, 1.54) is 24.9 Å². The molecule has 0 bridgehead atoms. The molecule has 0 aliphatic carbocycles. The number of guanidine groups is 1. The number of nitrogens with one attached hydrogen (secondary N) is 2. The highest BCUT2D eigenvalue weighted by Gasteiger charge is 2.23. The Labute approximate surface area is 152 Å². The fourth-order valence-corrected chi connectivity index (χ4v) is 3.46. The largest absolute Gasteiger partial charge is 0.357 e. The molecule has 2 rings (SSSR count). The molecule has 1 aromatic rings. The lowest BCUT2D eigenvalue weighted by molar-refractivity contribution is 0.266. The monoisotopic (exact) mass is 349 g/mol. The van der Waals surface area contributed by atoms with Gasteiger partial charge < -0.3 is 15.5 Å². The third kappa shape index (κ3) is 5.71. The first-order valence-corrected chi connectivity index (χ1v) is 9.46. The number of aliphatic imine (C=N–C) groups is 1. The predicted molar refractivity (Wildman–Crippen MR) is 104 cm³/mol. The standard InChI is InChI=1S/C18H35N7/c1-6-19-18(20-12-16-9-8-10-25(16)7-2)21-13-17(23(3)4)15-11-22-24(5)14-15/h11,14,16-17H,6-10,12-13H2,1-5H3,(H2,19,20,21). The van der Waals surface area contributed by atoms with E-state index in [0.717, 1.165) is 25.6 Å². The fourth-order valence-electron chi connectivity index (χ4n) is 3.46. The van der Waals surface area contributed by atoms with E-state index in [-0.39, 0.29) is 6.04 Å².